The van der Waals surface area contributed by atoms with Crippen molar-refractivity contribution in [1.82, 2.24) is 20.0 Å². The van der Waals surface area contributed by atoms with E-state index >= 15 is 0 Å². The van der Waals surface area contributed by atoms with Crippen molar-refractivity contribution in [2.45, 2.75) is 24.6 Å². The van der Waals surface area contributed by atoms with Crippen molar-refractivity contribution in [3.8, 4) is 11.5 Å². The summed E-state index contributed by atoms with van der Waals surface area (Å²) in [5, 5.41) is 7.05. The minimum absolute atomic E-state index is 0.165. The molecule has 2 bridgehead atoms. The number of fused-ring (bicyclic) bond motifs is 4. The Morgan fingerprint density at radius 2 is 2.12 bits per heavy atom. The van der Waals surface area contributed by atoms with E-state index < -0.39 is 24.2 Å². The number of hydrogen-bond acceptors (Lipinski definition) is 4. The number of nitrogens with zero attached hydrogens (tertiary/aromatic N) is 3. The third-order valence-electron chi connectivity index (χ3n) is 4.62. The fourth-order valence-electron chi connectivity index (χ4n) is 3.46. The smallest absolute Gasteiger partial charge is 0.461 e. The van der Waals surface area contributed by atoms with Gasteiger partial charge in [-0.15, -0.1) is 13.2 Å². The van der Waals surface area contributed by atoms with Gasteiger partial charge in [-0.25, -0.2) is 4.79 Å². The molecule has 1 aromatic carbocycles. The van der Waals surface area contributed by atoms with E-state index in [1.807, 2.05) is 0 Å². The van der Waals surface area contributed by atoms with Crippen LogP contribution in [0.25, 0.3) is 0 Å². The lowest BCUT2D eigenvalue weighted by Gasteiger charge is -2.50. The summed E-state index contributed by atoms with van der Waals surface area (Å²) < 4.78 is 50.0. The zero-order valence-electron chi connectivity index (χ0n) is 13.9. The van der Waals surface area contributed by atoms with E-state index in [4.69, 9.17) is 4.74 Å². The Labute approximate surface area is 146 Å². The molecule has 0 radical (unpaired) electrons. The number of ether oxygens (including phenoxy) is 2. The number of amides is 2. The molecule has 2 unspecified atom stereocenters. The molecule has 0 aliphatic carbocycles. The Kier molecular flexibility index (Phi) is 3.37. The Hall–Kier alpha value is -2.91. The zero-order valence-corrected chi connectivity index (χ0v) is 13.9. The first kappa shape index (κ1) is 16.6. The number of benzene rings is 1. The van der Waals surface area contributed by atoms with Gasteiger partial charge in [0.15, 0.2) is 0 Å². The van der Waals surface area contributed by atoms with E-state index in [-0.39, 0.29) is 23.5 Å². The molecule has 2 atom stereocenters. The summed E-state index contributed by atoms with van der Waals surface area (Å²) in [5.74, 6) is -0.181. The Morgan fingerprint density at radius 3 is 2.77 bits per heavy atom. The zero-order chi connectivity index (χ0) is 18.7. The molecule has 3 heterocycles. The molecule has 2 aromatic rings. The maximum absolute atomic E-state index is 12.7. The highest BCUT2D eigenvalue weighted by molar-refractivity contribution is 5.77. The SMILES string of the molecule is CN1C(=O)NC2CC1(c1ccn(C)n1)Oc1cccc(OC(F)(F)F)c12. The number of aromatic nitrogens is 2. The van der Waals surface area contributed by atoms with Gasteiger partial charge in [-0.3, -0.25) is 9.58 Å². The minimum Gasteiger partial charge on any atom is -0.461 e. The largest absolute Gasteiger partial charge is 0.573 e. The number of halogens is 3. The van der Waals surface area contributed by atoms with Crippen molar-refractivity contribution in [1.29, 1.82) is 0 Å². The van der Waals surface area contributed by atoms with E-state index in [1.54, 1.807) is 37.1 Å². The molecule has 4 rings (SSSR count). The van der Waals surface area contributed by atoms with Crippen molar-refractivity contribution in [2.75, 3.05) is 7.05 Å². The van der Waals surface area contributed by atoms with E-state index in [9.17, 15) is 18.0 Å². The summed E-state index contributed by atoms with van der Waals surface area (Å²) in [6.45, 7) is 0. The van der Waals surface area contributed by atoms with Crippen molar-refractivity contribution in [2.24, 2.45) is 7.05 Å². The summed E-state index contributed by atoms with van der Waals surface area (Å²) in [7, 11) is 3.29. The van der Waals surface area contributed by atoms with Crippen molar-refractivity contribution >= 4 is 6.03 Å². The first-order valence-corrected chi connectivity index (χ1v) is 7.82. The fraction of sp³-hybridized carbons (Fsp3) is 0.375. The Bertz CT molecular complexity index is 882. The highest BCUT2D eigenvalue weighted by Crippen LogP contribution is 2.51. The van der Waals surface area contributed by atoms with Gasteiger partial charge in [-0.2, -0.15) is 5.10 Å². The summed E-state index contributed by atoms with van der Waals surface area (Å²) >= 11 is 0. The molecular weight excluding hydrogens is 353 g/mol. The molecule has 2 aliphatic rings. The van der Waals surface area contributed by atoms with Crippen LogP contribution in [0.4, 0.5) is 18.0 Å². The van der Waals surface area contributed by atoms with E-state index in [0.29, 0.717) is 5.69 Å². The summed E-state index contributed by atoms with van der Waals surface area (Å²) in [6.07, 6.45) is -2.95. The summed E-state index contributed by atoms with van der Waals surface area (Å²) in [4.78, 5) is 13.8. The average molecular weight is 368 g/mol. The first-order chi connectivity index (χ1) is 12.2. The van der Waals surface area contributed by atoms with Crippen molar-refractivity contribution in [3.05, 3.63) is 41.7 Å². The van der Waals surface area contributed by atoms with Gasteiger partial charge in [-0.1, -0.05) is 6.07 Å². The molecule has 0 spiro atoms. The van der Waals surface area contributed by atoms with Gasteiger partial charge in [0.1, 0.15) is 17.2 Å². The van der Waals surface area contributed by atoms with Gasteiger partial charge < -0.3 is 14.8 Å². The number of carbonyl (C=O) groups excluding carboxylic acids is 1. The van der Waals surface area contributed by atoms with Crippen LogP contribution < -0.4 is 14.8 Å². The van der Waals surface area contributed by atoms with Crippen LogP contribution in [0.5, 0.6) is 11.5 Å². The van der Waals surface area contributed by atoms with E-state index in [0.717, 1.165) is 0 Å². The predicted octanol–water partition coefficient (Wildman–Crippen LogP) is 2.65. The maximum Gasteiger partial charge on any atom is 0.573 e. The summed E-state index contributed by atoms with van der Waals surface area (Å²) in [6, 6.07) is 4.70. The Morgan fingerprint density at radius 1 is 1.35 bits per heavy atom. The van der Waals surface area contributed by atoms with E-state index in [2.05, 4.69) is 15.2 Å². The van der Waals surface area contributed by atoms with Crippen LogP contribution in [-0.4, -0.2) is 34.1 Å². The van der Waals surface area contributed by atoms with Crippen LogP contribution in [0, 0.1) is 0 Å². The molecule has 2 aliphatic heterocycles. The number of aryl methyl sites for hydroxylation is 1. The maximum atomic E-state index is 12.7. The van der Waals surface area contributed by atoms with E-state index in [1.165, 1.54) is 17.0 Å². The van der Waals surface area contributed by atoms with Crippen LogP contribution >= 0.6 is 0 Å². The molecule has 138 valence electrons. The van der Waals surface area contributed by atoms with Crippen LogP contribution in [0.3, 0.4) is 0 Å². The molecule has 2 amide bonds. The van der Waals surface area contributed by atoms with Crippen LogP contribution in [0.1, 0.15) is 23.7 Å². The molecule has 0 saturated carbocycles. The van der Waals surface area contributed by atoms with Crippen LogP contribution in [0.15, 0.2) is 30.5 Å². The number of hydrogen-bond donors (Lipinski definition) is 1. The van der Waals surface area contributed by atoms with Gasteiger partial charge in [0.25, 0.3) is 0 Å². The lowest BCUT2D eigenvalue weighted by Crippen LogP contribution is -2.62. The van der Waals surface area contributed by atoms with Gasteiger partial charge in [-0.05, 0) is 18.2 Å². The van der Waals surface area contributed by atoms with Crippen molar-refractivity contribution < 1.29 is 27.4 Å². The average Bonchev–Trinajstić information content (AvgIpc) is 2.98. The van der Waals surface area contributed by atoms with Gasteiger partial charge in [0.2, 0.25) is 5.72 Å². The number of alkyl halides is 3. The third-order valence-corrected chi connectivity index (χ3v) is 4.62. The van der Waals surface area contributed by atoms with Crippen LogP contribution in [-0.2, 0) is 12.8 Å². The number of carbonyl (C=O) groups is 1. The highest BCUT2D eigenvalue weighted by Gasteiger charge is 2.54. The topological polar surface area (TPSA) is 68.6 Å². The monoisotopic (exact) mass is 368 g/mol. The highest BCUT2D eigenvalue weighted by atomic mass is 19.4. The predicted molar refractivity (Wildman–Crippen MR) is 82.3 cm³/mol. The molecule has 10 heteroatoms. The number of nitrogens with one attached hydrogen (secondary N) is 1. The lowest BCUT2D eigenvalue weighted by molar-refractivity contribution is -0.275. The molecule has 1 N–H and O–H groups in total. The second kappa shape index (κ2) is 5.29. The quantitative estimate of drug-likeness (QED) is 0.885. The molecule has 1 saturated heterocycles. The number of urea groups is 1. The molecule has 26 heavy (non-hydrogen) atoms. The standard InChI is InChI=1S/C16H15F3N4O3/c1-22-7-6-12(21-22)15-8-9(20-14(24)23(15)2)13-10(25-15)4-3-5-11(13)26-16(17,18)19/h3-7,9H,8H2,1-2H3,(H,20,24). The fourth-order valence-corrected chi connectivity index (χ4v) is 3.46. The Balaban J connectivity index is 1.85. The van der Waals surface area contributed by atoms with Crippen molar-refractivity contribution in [3.63, 3.8) is 0 Å². The molecule has 1 aromatic heterocycles. The molecule has 7 nitrogen and oxygen atoms in total. The molecule has 1 fully saturated rings. The third kappa shape index (κ3) is 2.44. The second-order valence-corrected chi connectivity index (χ2v) is 6.24. The number of rotatable bonds is 2. The molecular formula is C16H15F3N4O3. The second-order valence-electron chi connectivity index (χ2n) is 6.24. The van der Waals surface area contributed by atoms with Gasteiger partial charge in [0, 0.05) is 26.7 Å². The van der Waals surface area contributed by atoms with Gasteiger partial charge in [0.05, 0.1) is 11.6 Å². The normalized spacial score (nSPS) is 24.6. The summed E-state index contributed by atoms with van der Waals surface area (Å²) in [5.41, 5.74) is -0.550. The van der Waals surface area contributed by atoms with Crippen LogP contribution in [0.2, 0.25) is 0 Å². The first-order valence-electron chi connectivity index (χ1n) is 7.82. The lowest BCUT2D eigenvalue weighted by atomic mass is 9.87. The minimum atomic E-state index is -4.85. The van der Waals surface area contributed by atoms with Gasteiger partial charge >= 0.3 is 12.4 Å².